The van der Waals surface area contributed by atoms with Crippen LogP contribution < -0.4 is 5.43 Å². The van der Waals surface area contributed by atoms with Crippen molar-refractivity contribution in [2.45, 2.75) is 6.92 Å². The van der Waals surface area contributed by atoms with Gasteiger partial charge in [0, 0.05) is 27.3 Å². The number of hydrogen-bond donors (Lipinski definition) is 1. The largest absolute Gasteiger partial charge is 0.481 e. The zero-order valence-corrected chi connectivity index (χ0v) is 8.02. The van der Waals surface area contributed by atoms with Gasteiger partial charge in [0.15, 0.2) is 0 Å². The first-order valence-corrected chi connectivity index (χ1v) is 3.04. The van der Waals surface area contributed by atoms with E-state index >= 15 is 0 Å². The van der Waals surface area contributed by atoms with Gasteiger partial charge >= 0.3 is 0 Å². The van der Waals surface area contributed by atoms with Crippen molar-refractivity contribution in [3.05, 3.63) is 40.6 Å². The molecule has 0 aliphatic rings. The maximum absolute atomic E-state index is 10.3. The van der Waals surface area contributed by atoms with Crippen LogP contribution in [0.3, 0.4) is 0 Å². The molecule has 0 atom stereocenters. The van der Waals surface area contributed by atoms with Crippen molar-refractivity contribution in [3.8, 4) is 0 Å². The van der Waals surface area contributed by atoms with Gasteiger partial charge in [0.2, 0.25) is 0 Å². The monoisotopic (exact) mass is 259 g/mol. The quantitative estimate of drug-likeness (QED) is 0.555. The number of aliphatic carboxylic acids is 1. The Morgan fingerprint density at radius 2 is 2.00 bits per heavy atom. The van der Waals surface area contributed by atoms with E-state index in [0.29, 0.717) is 0 Å². The maximum Gasteiger partial charge on any atom is 0.300 e. The number of carboxylic acids is 1. The fourth-order valence-corrected chi connectivity index (χ4v) is 0.420. The van der Waals surface area contributed by atoms with E-state index < -0.39 is 5.97 Å². The van der Waals surface area contributed by atoms with Crippen LogP contribution >= 0.6 is 0 Å². The van der Waals surface area contributed by atoms with Crippen molar-refractivity contribution in [2.75, 3.05) is 0 Å². The van der Waals surface area contributed by atoms with Gasteiger partial charge in [-0.1, -0.05) is 0 Å². The second-order valence-corrected chi connectivity index (χ2v) is 1.83. The van der Waals surface area contributed by atoms with Crippen molar-refractivity contribution < 1.29 is 30.3 Å². The van der Waals surface area contributed by atoms with E-state index in [1.165, 1.54) is 12.1 Å². The Kier molecular flexibility index (Phi) is 9.44. The second kappa shape index (κ2) is 8.25. The number of hydrogen-bond acceptors (Lipinski definition) is 2. The molecule has 0 saturated heterocycles. The molecule has 1 N–H and O–H groups in total. The number of benzene rings is 1. The van der Waals surface area contributed by atoms with Gasteiger partial charge < -0.3 is 9.90 Å². The molecule has 1 rings (SSSR count). The average molecular weight is 260 g/mol. The van der Waals surface area contributed by atoms with E-state index in [4.69, 9.17) is 9.90 Å². The summed E-state index contributed by atoms with van der Waals surface area (Å²) in [6, 6.07) is 8.33. The van der Waals surface area contributed by atoms with E-state index in [0.717, 1.165) is 6.92 Å². The molecule has 70 valence electrons. The van der Waals surface area contributed by atoms with Crippen LogP contribution in [0, 0.1) is 0 Å². The van der Waals surface area contributed by atoms with Gasteiger partial charge in [0.25, 0.3) is 5.97 Å². The van der Waals surface area contributed by atoms with Crippen LogP contribution in [0.5, 0.6) is 0 Å². The first-order valence-electron chi connectivity index (χ1n) is 3.04. The average Bonchev–Trinajstić information content (AvgIpc) is 1.87. The summed E-state index contributed by atoms with van der Waals surface area (Å²) in [5.74, 6) is -0.833. The van der Waals surface area contributed by atoms with Gasteiger partial charge in [0.1, 0.15) is 0 Å². The first kappa shape index (κ1) is 13.7. The molecule has 4 heteroatoms. The Morgan fingerprint density at radius 1 is 1.50 bits per heavy atom. The number of carboxylic acid groups (broad SMARTS) is 1. The van der Waals surface area contributed by atoms with Crippen LogP contribution in [0.4, 0.5) is 0 Å². The Labute approximate surface area is 84.1 Å². The molecule has 0 aliphatic heterocycles. The van der Waals surface area contributed by atoms with E-state index in [2.05, 4.69) is 0 Å². The van der Waals surface area contributed by atoms with E-state index in [9.17, 15) is 4.79 Å². The van der Waals surface area contributed by atoms with Crippen molar-refractivity contribution in [2.24, 2.45) is 0 Å². The molecule has 0 amide bonds. The van der Waals surface area contributed by atoms with Crippen LogP contribution in [-0.2, 0) is 25.2 Å². The molecular formula is C8H9O3Pd-. The SMILES string of the molecule is CC(=O)O.O=c1cccc[cH-]1.[Pd]. The molecule has 1 aromatic rings. The van der Waals surface area contributed by atoms with Gasteiger partial charge in [-0.3, -0.25) is 4.79 Å². The second-order valence-electron chi connectivity index (χ2n) is 1.83. The molecule has 0 aliphatic carbocycles. The predicted octanol–water partition coefficient (Wildman–Crippen LogP) is 0.854. The fourth-order valence-electron chi connectivity index (χ4n) is 0.420. The summed E-state index contributed by atoms with van der Waals surface area (Å²) in [5.41, 5.74) is 0.0718. The summed E-state index contributed by atoms with van der Waals surface area (Å²) in [6.07, 6.45) is 0. The van der Waals surface area contributed by atoms with E-state index in [-0.39, 0.29) is 25.9 Å². The van der Waals surface area contributed by atoms with Gasteiger partial charge in [-0.05, 0) is 0 Å². The normalized spacial score (nSPS) is 7.08. The predicted molar refractivity (Wildman–Crippen MR) is 41.6 cm³/mol. The summed E-state index contributed by atoms with van der Waals surface area (Å²) in [5, 5.41) is 7.42. The topological polar surface area (TPSA) is 54.4 Å². The number of carbonyl (C=O) groups is 1. The Balaban J connectivity index is 0. The van der Waals surface area contributed by atoms with Crippen molar-refractivity contribution in [1.82, 2.24) is 0 Å². The van der Waals surface area contributed by atoms with Crippen LogP contribution in [0.2, 0.25) is 0 Å². The van der Waals surface area contributed by atoms with Crippen LogP contribution in [0.15, 0.2) is 35.1 Å². The third-order valence-electron chi connectivity index (χ3n) is 0.743. The number of para-hydroxylation sites is 1. The van der Waals surface area contributed by atoms with Crippen LogP contribution in [0.25, 0.3) is 0 Å². The molecule has 3 nitrogen and oxygen atoms in total. The molecule has 0 saturated carbocycles. The molecule has 0 unspecified atom stereocenters. The minimum Gasteiger partial charge on any atom is -0.481 e. The summed E-state index contributed by atoms with van der Waals surface area (Å²) >= 11 is 0. The summed E-state index contributed by atoms with van der Waals surface area (Å²) in [7, 11) is 0. The third kappa shape index (κ3) is 11.9. The van der Waals surface area contributed by atoms with Crippen LogP contribution in [-0.4, -0.2) is 11.1 Å². The molecule has 0 radical (unpaired) electrons. The molecule has 0 spiro atoms. The summed E-state index contributed by atoms with van der Waals surface area (Å²) < 4.78 is 0. The smallest absolute Gasteiger partial charge is 0.300 e. The summed E-state index contributed by atoms with van der Waals surface area (Å²) in [4.78, 5) is 19.3. The van der Waals surface area contributed by atoms with Crippen molar-refractivity contribution in [3.63, 3.8) is 0 Å². The third-order valence-corrected chi connectivity index (χ3v) is 0.743. The first-order chi connectivity index (χ1) is 5.13. The molecule has 1 aromatic carbocycles. The van der Waals surface area contributed by atoms with Gasteiger partial charge in [-0.15, -0.1) is 12.1 Å². The standard InChI is InChI=1S/C6H5O.C2H4O2.Pd/c7-6-4-2-1-3-5-6;1-2(3)4;/h1-5H;1H3,(H,3,4);/q-1;;. The zero-order valence-electron chi connectivity index (χ0n) is 6.47. The molecule has 12 heavy (non-hydrogen) atoms. The number of rotatable bonds is 0. The fraction of sp³-hybridized carbons (Fsp3) is 0.125. The molecule has 0 aromatic heterocycles. The minimum atomic E-state index is -0.833. The molecular weight excluding hydrogens is 251 g/mol. The van der Waals surface area contributed by atoms with E-state index in [1.54, 1.807) is 12.1 Å². The maximum atomic E-state index is 10.3. The molecule has 0 fully saturated rings. The Bertz CT molecular complexity index is 246. The van der Waals surface area contributed by atoms with Gasteiger partial charge in [-0.25, -0.2) is 0 Å². The van der Waals surface area contributed by atoms with Crippen molar-refractivity contribution in [1.29, 1.82) is 0 Å². The summed E-state index contributed by atoms with van der Waals surface area (Å²) in [6.45, 7) is 1.08. The van der Waals surface area contributed by atoms with E-state index in [1.807, 2.05) is 6.07 Å². The Morgan fingerprint density at radius 3 is 2.17 bits per heavy atom. The van der Waals surface area contributed by atoms with Crippen LogP contribution in [0.1, 0.15) is 6.92 Å². The van der Waals surface area contributed by atoms with Crippen molar-refractivity contribution >= 4 is 5.97 Å². The molecule has 0 heterocycles. The minimum absolute atomic E-state index is 0. The Hall–Kier alpha value is -0.848. The van der Waals surface area contributed by atoms with Gasteiger partial charge in [-0.2, -0.15) is 18.2 Å². The van der Waals surface area contributed by atoms with Gasteiger partial charge in [0.05, 0.1) is 5.43 Å². The molecule has 0 bridgehead atoms. The zero-order chi connectivity index (χ0) is 8.69.